The fraction of sp³-hybridized carbons (Fsp3) is 0.111. The molecule has 0 aliphatic rings. The van der Waals surface area contributed by atoms with Gasteiger partial charge in [0.1, 0.15) is 17.2 Å². The first-order valence-electron chi connectivity index (χ1n) is 11.3. The minimum absolute atomic E-state index is 0.190. The summed E-state index contributed by atoms with van der Waals surface area (Å²) in [5.41, 5.74) is 5.36. The lowest BCUT2D eigenvalue weighted by Crippen LogP contribution is -2.10. The van der Waals surface area contributed by atoms with Crippen molar-refractivity contribution < 1.29 is 8.78 Å². The predicted octanol–water partition coefficient (Wildman–Crippen LogP) is 5.57. The summed E-state index contributed by atoms with van der Waals surface area (Å²) in [6.07, 6.45) is 4.92. The number of pyridine rings is 2. The molecule has 6 aromatic rings. The molecule has 4 aromatic heterocycles. The van der Waals surface area contributed by atoms with Crippen molar-refractivity contribution in [3.8, 4) is 33.9 Å². The highest BCUT2D eigenvalue weighted by Gasteiger charge is 2.21. The Morgan fingerprint density at radius 2 is 1.75 bits per heavy atom. The molecule has 0 bridgehead atoms. The third kappa shape index (κ3) is 3.79. The van der Waals surface area contributed by atoms with Gasteiger partial charge in [-0.2, -0.15) is 5.10 Å². The van der Waals surface area contributed by atoms with Crippen molar-refractivity contribution in [3.63, 3.8) is 0 Å². The molecule has 0 atom stereocenters. The number of para-hydroxylation sites is 1. The van der Waals surface area contributed by atoms with Crippen molar-refractivity contribution in [2.45, 2.75) is 6.54 Å². The number of hydrogen-bond donors (Lipinski definition) is 2. The van der Waals surface area contributed by atoms with Crippen LogP contribution >= 0.6 is 0 Å². The van der Waals surface area contributed by atoms with Crippen LogP contribution in [0.1, 0.15) is 5.56 Å². The summed E-state index contributed by atoms with van der Waals surface area (Å²) >= 11 is 0. The zero-order valence-corrected chi connectivity index (χ0v) is 19.5. The SMILES string of the molecule is CN(C)Cc1cncc(-c2ncc3[nH]nc(-c4nc5c(-c6cccc(F)c6)cccc5[nH]4)c3c2F)c1. The number of benzene rings is 2. The Bertz CT molecular complexity index is 1740. The molecule has 2 aromatic carbocycles. The Morgan fingerprint density at radius 3 is 2.58 bits per heavy atom. The number of fused-ring (bicyclic) bond motifs is 2. The van der Waals surface area contributed by atoms with Crippen molar-refractivity contribution in [3.05, 3.63) is 84.3 Å². The molecule has 0 aliphatic carbocycles. The average molecular weight is 482 g/mol. The van der Waals surface area contributed by atoms with Gasteiger partial charge in [0.15, 0.2) is 11.6 Å². The number of nitrogens with zero attached hydrogens (tertiary/aromatic N) is 5. The molecule has 0 amide bonds. The summed E-state index contributed by atoms with van der Waals surface area (Å²) in [6, 6.07) is 13.8. The third-order valence-corrected chi connectivity index (χ3v) is 5.98. The number of nitrogens with one attached hydrogen (secondary N) is 2. The standard InChI is InChI=1S/C27H21F2N7/c1-36(2)14-15-9-17(12-30-11-15)24-23(29)22-21(13-31-24)34-35-26(22)27-32-20-8-4-7-19(25(20)33-27)16-5-3-6-18(28)10-16/h3-13H,14H2,1-2H3,(H,32,33)(H,34,35). The summed E-state index contributed by atoms with van der Waals surface area (Å²) in [4.78, 5) is 18.6. The number of H-pyrrole nitrogens is 2. The van der Waals surface area contributed by atoms with E-state index < -0.39 is 5.82 Å². The van der Waals surface area contributed by atoms with Crippen LogP contribution in [0.25, 0.3) is 55.8 Å². The predicted molar refractivity (Wildman–Crippen MR) is 135 cm³/mol. The second kappa shape index (κ2) is 8.62. The lowest BCUT2D eigenvalue weighted by Gasteiger charge is -2.10. The molecule has 178 valence electrons. The van der Waals surface area contributed by atoms with E-state index in [0.717, 1.165) is 16.6 Å². The van der Waals surface area contributed by atoms with Crippen LogP contribution in [-0.2, 0) is 6.54 Å². The summed E-state index contributed by atoms with van der Waals surface area (Å²) in [5.74, 6) is -0.439. The van der Waals surface area contributed by atoms with Gasteiger partial charge in [-0.25, -0.2) is 13.8 Å². The van der Waals surface area contributed by atoms with E-state index in [4.69, 9.17) is 4.98 Å². The smallest absolute Gasteiger partial charge is 0.161 e. The highest BCUT2D eigenvalue weighted by atomic mass is 19.1. The van der Waals surface area contributed by atoms with Gasteiger partial charge >= 0.3 is 0 Å². The van der Waals surface area contributed by atoms with Gasteiger partial charge in [-0.3, -0.25) is 15.1 Å². The topological polar surface area (TPSA) is 86.4 Å². The number of imidazole rings is 1. The maximum atomic E-state index is 15.9. The van der Waals surface area contributed by atoms with Crippen molar-refractivity contribution >= 4 is 21.9 Å². The van der Waals surface area contributed by atoms with Gasteiger partial charge in [-0.15, -0.1) is 0 Å². The Balaban J connectivity index is 1.49. The second-order valence-corrected chi connectivity index (χ2v) is 8.90. The van der Waals surface area contributed by atoms with Crippen LogP contribution in [0.4, 0.5) is 8.78 Å². The molecule has 0 fully saturated rings. The summed E-state index contributed by atoms with van der Waals surface area (Å²) in [5, 5.41) is 7.49. The highest BCUT2D eigenvalue weighted by Crippen LogP contribution is 2.34. The van der Waals surface area contributed by atoms with Crippen molar-refractivity contribution in [2.24, 2.45) is 0 Å². The number of aromatic amines is 2. The monoisotopic (exact) mass is 481 g/mol. The summed E-state index contributed by atoms with van der Waals surface area (Å²) in [7, 11) is 3.92. The number of halogens is 2. The Morgan fingerprint density at radius 1 is 0.889 bits per heavy atom. The molecule has 0 saturated heterocycles. The lowest BCUT2D eigenvalue weighted by molar-refractivity contribution is 0.402. The zero-order chi connectivity index (χ0) is 24.8. The van der Waals surface area contributed by atoms with Crippen LogP contribution in [0, 0.1) is 11.6 Å². The van der Waals surface area contributed by atoms with Gasteiger partial charge in [-0.05, 0) is 49.5 Å². The molecular weight excluding hydrogens is 460 g/mol. The van der Waals surface area contributed by atoms with E-state index in [9.17, 15) is 4.39 Å². The van der Waals surface area contributed by atoms with Gasteiger partial charge in [-0.1, -0.05) is 24.3 Å². The largest absolute Gasteiger partial charge is 0.337 e. The van der Waals surface area contributed by atoms with E-state index in [2.05, 4.69) is 25.1 Å². The van der Waals surface area contributed by atoms with Crippen LogP contribution in [0.2, 0.25) is 0 Å². The van der Waals surface area contributed by atoms with Gasteiger partial charge in [0.05, 0.1) is 28.1 Å². The molecule has 4 heterocycles. The lowest BCUT2D eigenvalue weighted by atomic mass is 10.0. The van der Waals surface area contributed by atoms with Gasteiger partial charge in [0.25, 0.3) is 0 Å². The van der Waals surface area contributed by atoms with E-state index in [0.29, 0.717) is 40.2 Å². The van der Waals surface area contributed by atoms with Crippen LogP contribution in [0.3, 0.4) is 0 Å². The maximum absolute atomic E-state index is 15.9. The molecule has 9 heteroatoms. The van der Waals surface area contributed by atoms with Crippen LogP contribution < -0.4 is 0 Å². The molecule has 2 N–H and O–H groups in total. The number of hydrogen-bond acceptors (Lipinski definition) is 5. The zero-order valence-electron chi connectivity index (χ0n) is 19.5. The van der Waals surface area contributed by atoms with E-state index in [1.54, 1.807) is 24.7 Å². The molecule has 0 spiro atoms. The Labute approximate surface area is 204 Å². The molecule has 36 heavy (non-hydrogen) atoms. The fourth-order valence-electron chi connectivity index (χ4n) is 4.45. The molecule has 0 aliphatic heterocycles. The molecule has 0 saturated carbocycles. The first kappa shape index (κ1) is 22.0. The minimum Gasteiger partial charge on any atom is -0.337 e. The van der Waals surface area contributed by atoms with Gasteiger partial charge in [0.2, 0.25) is 0 Å². The first-order chi connectivity index (χ1) is 17.5. The maximum Gasteiger partial charge on any atom is 0.161 e. The number of aromatic nitrogens is 6. The van der Waals surface area contributed by atoms with Crippen LogP contribution in [-0.4, -0.2) is 49.1 Å². The average Bonchev–Trinajstić information content (AvgIpc) is 3.48. The molecular formula is C27H21F2N7. The molecule has 7 nitrogen and oxygen atoms in total. The Hall–Kier alpha value is -4.50. The molecule has 0 radical (unpaired) electrons. The van der Waals surface area contributed by atoms with E-state index in [1.807, 2.05) is 49.3 Å². The molecule has 6 rings (SSSR count). The van der Waals surface area contributed by atoms with Crippen LogP contribution in [0.15, 0.2) is 67.1 Å². The first-order valence-corrected chi connectivity index (χ1v) is 11.3. The minimum atomic E-state index is -0.508. The van der Waals surface area contributed by atoms with E-state index in [1.165, 1.54) is 12.1 Å². The van der Waals surface area contributed by atoms with E-state index in [-0.39, 0.29) is 16.9 Å². The Kier molecular flexibility index (Phi) is 5.26. The second-order valence-electron chi connectivity index (χ2n) is 8.90. The molecule has 0 unspecified atom stereocenters. The quantitative estimate of drug-likeness (QED) is 0.336. The van der Waals surface area contributed by atoms with Crippen molar-refractivity contribution in [2.75, 3.05) is 14.1 Å². The van der Waals surface area contributed by atoms with Crippen molar-refractivity contribution in [1.82, 2.24) is 35.0 Å². The van der Waals surface area contributed by atoms with Gasteiger partial charge < -0.3 is 9.88 Å². The third-order valence-electron chi connectivity index (χ3n) is 5.98. The van der Waals surface area contributed by atoms with Crippen molar-refractivity contribution in [1.29, 1.82) is 0 Å². The highest BCUT2D eigenvalue weighted by molar-refractivity contribution is 5.98. The normalized spacial score (nSPS) is 11.7. The van der Waals surface area contributed by atoms with Gasteiger partial charge in [0, 0.05) is 30.1 Å². The summed E-state index contributed by atoms with van der Waals surface area (Å²) in [6.45, 7) is 0.675. The van der Waals surface area contributed by atoms with Crippen LogP contribution in [0.5, 0.6) is 0 Å². The van der Waals surface area contributed by atoms with E-state index >= 15 is 4.39 Å². The fourth-order valence-corrected chi connectivity index (χ4v) is 4.45. The summed E-state index contributed by atoms with van der Waals surface area (Å²) < 4.78 is 29.8. The number of rotatable bonds is 5.